The minimum Gasteiger partial charge on any atom is -0.477 e. The van der Waals surface area contributed by atoms with Gasteiger partial charge < -0.3 is 10.1 Å². The number of nitrogens with zero attached hydrogens (tertiary/aromatic N) is 2. The van der Waals surface area contributed by atoms with Crippen LogP contribution < -0.4 is 10.1 Å². The van der Waals surface area contributed by atoms with Gasteiger partial charge in [0.1, 0.15) is 5.75 Å². The molecule has 2 aliphatic heterocycles. The molecule has 2 aromatic rings. The Labute approximate surface area is 130 Å². The van der Waals surface area contributed by atoms with Gasteiger partial charge in [-0.1, -0.05) is 12.1 Å². The van der Waals surface area contributed by atoms with E-state index >= 15 is 0 Å². The Morgan fingerprint density at radius 3 is 2.70 bits per heavy atom. The van der Waals surface area contributed by atoms with Crippen molar-refractivity contribution in [2.75, 3.05) is 13.1 Å². The Hall–Kier alpha value is -1.23. The molecule has 0 saturated carbocycles. The summed E-state index contributed by atoms with van der Waals surface area (Å²) in [5.74, 6) is 2.01. The highest BCUT2D eigenvalue weighted by molar-refractivity contribution is 5.85. The third-order valence-corrected chi connectivity index (χ3v) is 3.89. The number of nitrogens with one attached hydrogen (secondary N) is 1. The van der Waals surface area contributed by atoms with Crippen LogP contribution in [-0.2, 0) is 5.60 Å². The van der Waals surface area contributed by atoms with E-state index in [9.17, 15) is 0 Å². The van der Waals surface area contributed by atoms with Crippen molar-refractivity contribution in [1.82, 2.24) is 14.9 Å². The van der Waals surface area contributed by atoms with Crippen LogP contribution in [-0.4, -0.2) is 22.6 Å². The quantitative estimate of drug-likeness (QED) is 0.812. The molecular formula is C14H17Cl2N3O. The third kappa shape index (κ3) is 2.08. The number of ether oxygens (including phenoxy) is 1. The number of fused-ring (bicyclic) bond motifs is 4. The Morgan fingerprint density at radius 1 is 1.15 bits per heavy atom. The maximum atomic E-state index is 6.32. The van der Waals surface area contributed by atoms with Gasteiger partial charge in [0, 0.05) is 25.2 Å². The first kappa shape index (κ1) is 15.2. The Morgan fingerprint density at radius 2 is 1.90 bits per heavy atom. The maximum absolute atomic E-state index is 6.32. The Balaban J connectivity index is 0.000000735. The van der Waals surface area contributed by atoms with Crippen LogP contribution in [0.15, 0.2) is 36.7 Å². The Kier molecular flexibility index (Phi) is 4.28. The summed E-state index contributed by atoms with van der Waals surface area (Å²) in [5, 5.41) is 3.39. The first-order valence-electron chi connectivity index (χ1n) is 6.42. The van der Waals surface area contributed by atoms with Crippen molar-refractivity contribution in [2.24, 2.45) is 0 Å². The van der Waals surface area contributed by atoms with Gasteiger partial charge in [-0.25, -0.2) is 4.98 Å². The molecule has 0 bridgehead atoms. The van der Waals surface area contributed by atoms with Crippen molar-refractivity contribution in [3.8, 4) is 11.4 Å². The van der Waals surface area contributed by atoms with Gasteiger partial charge in [-0.3, -0.25) is 4.57 Å². The summed E-state index contributed by atoms with van der Waals surface area (Å²) in [6, 6.07) is 8.18. The van der Waals surface area contributed by atoms with Crippen molar-refractivity contribution < 1.29 is 4.74 Å². The zero-order valence-corrected chi connectivity index (χ0v) is 12.5. The molecule has 0 amide bonds. The molecule has 1 fully saturated rings. The van der Waals surface area contributed by atoms with E-state index < -0.39 is 0 Å². The van der Waals surface area contributed by atoms with E-state index in [2.05, 4.69) is 20.9 Å². The molecule has 4 nitrogen and oxygen atoms in total. The average molecular weight is 314 g/mol. The Bertz CT molecular complexity index is 594. The van der Waals surface area contributed by atoms with E-state index in [4.69, 9.17) is 4.74 Å². The molecule has 0 unspecified atom stereocenters. The lowest BCUT2D eigenvalue weighted by atomic mass is 9.89. The van der Waals surface area contributed by atoms with E-state index in [1.54, 1.807) is 0 Å². The smallest absolute Gasteiger partial charge is 0.169 e. The number of para-hydroxylation sites is 2. The number of benzene rings is 1. The van der Waals surface area contributed by atoms with Gasteiger partial charge in [0.15, 0.2) is 11.4 Å². The van der Waals surface area contributed by atoms with Crippen LogP contribution in [0.25, 0.3) is 5.69 Å². The summed E-state index contributed by atoms with van der Waals surface area (Å²) < 4.78 is 8.49. The van der Waals surface area contributed by atoms with E-state index in [0.717, 1.165) is 43.2 Å². The van der Waals surface area contributed by atoms with Gasteiger partial charge in [0.2, 0.25) is 0 Å². The van der Waals surface area contributed by atoms with Crippen molar-refractivity contribution in [2.45, 2.75) is 18.4 Å². The van der Waals surface area contributed by atoms with Crippen molar-refractivity contribution in [3.63, 3.8) is 0 Å². The normalized spacial score (nSPS) is 18.0. The maximum Gasteiger partial charge on any atom is 0.169 e. The highest BCUT2D eigenvalue weighted by atomic mass is 35.5. The lowest BCUT2D eigenvalue weighted by Crippen LogP contribution is -2.47. The predicted molar refractivity (Wildman–Crippen MR) is 82.5 cm³/mol. The summed E-state index contributed by atoms with van der Waals surface area (Å²) in [5.41, 5.74) is 0.845. The van der Waals surface area contributed by atoms with Gasteiger partial charge in [0.25, 0.3) is 0 Å². The zero-order chi connectivity index (χ0) is 12.0. The van der Waals surface area contributed by atoms with Gasteiger partial charge in [-0.2, -0.15) is 0 Å². The number of halogens is 2. The van der Waals surface area contributed by atoms with Crippen molar-refractivity contribution in [1.29, 1.82) is 0 Å². The minimum atomic E-state index is -0.247. The number of aromatic nitrogens is 2. The molecule has 108 valence electrons. The first-order valence-corrected chi connectivity index (χ1v) is 6.42. The zero-order valence-electron chi connectivity index (χ0n) is 10.9. The number of hydrogen-bond donors (Lipinski definition) is 1. The van der Waals surface area contributed by atoms with Crippen LogP contribution in [0, 0.1) is 0 Å². The van der Waals surface area contributed by atoms with Gasteiger partial charge in [-0.15, -0.1) is 24.8 Å². The summed E-state index contributed by atoms with van der Waals surface area (Å²) in [4.78, 5) is 4.54. The molecule has 1 aromatic carbocycles. The fourth-order valence-electron chi connectivity index (χ4n) is 2.99. The van der Waals surface area contributed by atoms with Gasteiger partial charge in [0.05, 0.1) is 5.69 Å². The number of piperidine rings is 1. The van der Waals surface area contributed by atoms with Crippen LogP contribution in [0.4, 0.5) is 0 Å². The largest absolute Gasteiger partial charge is 0.477 e. The lowest BCUT2D eigenvalue weighted by molar-refractivity contribution is 0.0158. The minimum absolute atomic E-state index is 0. The second-order valence-corrected chi connectivity index (χ2v) is 4.93. The first-order chi connectivity index (χ1) is 8.89. The van der Waals surface area contributed by atoms with Crippen LogP contribution >= 0.6 is 24.8 Å². The molecule has 1 spiro atoms. The molecule has 1 N–H and O–H groups in total. The molecule has 3 heterocycles. The van der Waals surface area contributed by atoms with Crippen LogP contribution in [0.5, 0.6) is 5.75 Å². The van der Waals surface area contributed by atoms with E-state index in [1.807, 2.05) is 30.6 Å². The topological polar surface area (TPSA) is 39.1 Å². The summed E-state index contributed by atoms with van der Waals surface area (Å²) >= 11 is 0. The predicted octanol–water partition coefficient (Wildman–Crippen LogP) is 2.69. The molecule has 0 atom stereocenters. The highest BCUT2D eigenvalue weighted by Crippen LogP contribution is 2.42. The van der Waals surface area contributed by atoms with Crippen LogP contribution in [0.2, 0.25) is 0 Å². The highest BCUT2D eigenvalue weighted by Gasteiger charge is 2.43. The number of imidazole rings is 1. The SMILES string of the molecule is Cl.Cl.c1ccc2c(c1)OC1(CCNCC1)c1nccn1-2. The second-order valence-electron chi connectivity index (χ2n) is 4.93. The molecular weight excluding hydrogens is 297 g/mol. The molecule has 2 aliphatic rings. The lowest BCUT2D eigenvalue weighted by Gasteiger charge is -2.41. The molecule has 4 rings (SSSR count). The van der Waals surface area contributed by atoms with Crippen LogP contribution in [0.1, 0.15) is 18.7 Å². The summed E-state index contributed by atoms with van der Waals surface area (Å²) in [7, 11) is 0. The van der Waals surface area contributed by atoms with Gasteiger partial charge in [-0.05, 0) is 25.2 Å². The average Bonchev–Trinajstić information content (AvgIpc) is 2.90. The molecule has 0 radical (unpaired) electrons. The fourth-order valence-corrected chi connectivity index (χ4v) is 2.99. The molecule has 1 aromatic heterocycles. The summed E-state index contributed by atoms with van der Waals surface area (Å²) in [6.45, 7) is 1.96. The van der Waals surface area contributed by atoms with Crippen molar-refractivity contribution >= 4 is 24.8 Å². The van der Waals surface area contributed by atoms with E-state index in [1.165, 1.54) is 0 Å². The molecule has 20 heavy (non-hydrogen) atoms. The molecule has 1 saturated heterocycles. The van der Waals surface area contributed by atoms with Gasteiger partial charge >= 0.3 is 0 Å². The standard InChI is InChI=1S/C14H15N3O.2ClH/c1-2-4-12-11(3-1)17-10-9-16-13(17)14(18-12)5-7-15-8-6-14;;/h1-4,9-10,15H,5-8H2;2*1H. The monoisotopic (exact) mass is 313 g/mol. The second kappa shape index (κ2) is 5.64. The van der Waals surface area contributed by atoms with Crippen LogP contribution in [0.3, 0.4) is 0 Å². The number of rotatable bonds is 0. The van der Waals surface area contributed by atoms with Crippen molar-refractivity contribution in [3.05, 3.63) is 42.5 Å². The van der Waals surface area contributed by atoms with E-state index in [0.29, 0.717) is 0 Å². The van der Waals surface area contributed by atoms with E-state index in [-0.39, 0.29) is 30.4 Å². The number of hydrogen-bond acceptors (Lipinski definition) is 3. The third-order valence-electron chi connectivity index (χ3n) is 3.89. The molecule has 6 heteroatoms. The fraction of sp³-hybridized carbons (Fsp3) is 0.357. The summed E-state index contributed by atoms with van der Waals surface area (Å²) in [6.07, 6.45) is 5.84. The molecule has 0 aliphatic carbocycles.